The second kappa shape index (κ2) is 7.16. The van der Waals surface area contributed by atoms with Crippen LogP contribution in [0.4, 0.5) is 26.7 Å². The lowest BCUT2D eigenvalue weighted by atomic mass is 10.0. The van der Waals surface area contributed by atoms with Crippen LogP contribution in [0.25, 0.3) is 0 Å². The molecule has 0 heterocycles. The Balaban J connectivity index is 2.92. The Morgan fingerprint density at radius 3 is 2.18 bits per heavy atom. The number of imide groups is 1. The first-order valence-corrected chi connectivity index (χ1v) is 5.92. The summed E-state index contributed by atoms with van der Waals surface area (Å²) >= 11 is 0. The van der Waals surface area contributed by atoms with Crippen molar-refractivity contribution in [2.75, 3.05) is 13.6 Å². The van der Waals surface area contributed by atoms with E-state index >= 15 is 0 Å². The third-order valence-corrected chi connectivity index (χ3v) is 2.56. The zero-order valence-corrected chi connectivity index (χ0v) is 11.2. The van der Waals surface area contributed by atoms with Gasteiger partial charge in [0.05, 0.1) is 6.54 Å². The molecule has 5 nitrogen and oxygen atoms in total. The largest absolute Gasteiger partial charge is 0.408 e. The lowest BCUT2D eigenvalue weighted by Crippen LogP contribution is -2.45. The summed E-state index contributed by atoms with van der Waals surface area (Å²) in [4.78, 5) is 22.1. The van der Waals surface area contributed by atoms with Crippen LogP contribution >= 0.6 is 0 Å². The Labute approximate surface area is 121 Å². The zero-order chi connectivity index (χ0) is 16.9. The summed E-state index contributed by atoms with van der Waals surface area (Å²) in [5.74, 6) is -3.89. The number of carbonyl (C=O) groups excluding carboxylic acids is 2. The van der Waals surface area contributed by atoms with Crippen LogP contribution in [0.15, 0.2) is 18.2 Å². The molecule has 1 rings (SSSR count). The fraction of sp³-hybridized carbons (Fsp3) is 0.333. The van der Waals surface area contributed by atoms with Crippen molar-refractivity contribution in [2.24, 2.45) is 0 Å². The minimum atomic E-state index is -5.05. The van der Waals surface area contributed by atoms with Crippen LogP contribution in [0.5, 0.6) is 0 Å². The Bertz CT molecular complexity index is 542. The number of hydrogen-bond acceptors (Lipinski definition) is 3. The lowest BCUT2D eigenvalue weighted by molar-refractivity contribution is -0.159. The first-order valence-electron chi connectivity index (χ1n) is 5.92. The number of hydrogen-bond donors (Lipinski definition) is 3. The SMILES string of the molecule is CNC(=O)NC(=O)CNC(c1c(F)cccc1F)C(F)(F)F. The summed E-state index contributed by atoms with van der Waals surface area (Å²) in [6.07, 6.45) is -5.05. The molecule has 122 valence electrons. The number of rotatable bonds is 4. The molecule has 0 aliphatic rings. The van der Waals surface area contributed by atoms with Gasteiger partial charge in [0.15, 0.2) is 0 Å². The fourth-order valence-corrected chi connectivity index (χ4v) is 1.60. The van der Waals surface area contributed by atoms with Crippen LogP contribution in [0.2, 0.25) is 0 Å². The van der Waals surface area contributed by atoms with E-state index in [-0.39, 0.29) is 0 Å². The second-order valence-corrected chi connectivity index (χ2v) is 4.12. The Hall–Kier alpha value is -2.23. The van der Waals surface area contributed by atoms with E-state index in [9.17, 15) is 31.5 Å². The van der Waals surface area contributed by atoms with Gasteiger partial charge in [0.25, 0.3) is 0 Å². The van der Waals surface area contributed by atoms with Crippen molar-refractivity contribution >= 4 is 11.9 Å². The van der Waals surface area contributed by atoms with Gasteiger partial charge in [-0.05, 0) is 12.1 Å². The smallest absolute Gasteiger partial charge is 0.341 e. The van der Waals surface area contributed by atoms with Crippen molar-refractivity contribution in [3.05, 3.63) is 35.4 Å². The third kappa shape index (κ3) is 4.65. The van der Waals surface area contributed by atoms with Crippen molar-refractivity contribution in [2.45, 2.75) is 12.2 Å². The van der Waals surface area contributed by atoms with Crippen LogP contribution < -0.4 is 16.0 Å². The molecule has 0 aliphatic carbocycles. The summed E-state index contributed by atoms with van der Waals surface area (Å²) in [6.45, 7) is -0.967. The minimum absolute atomic E-state index is 0.670. The summed E-state index contributed by atoms with van der Waals surface area (Å²) in [5.41, 5.74) is -1.25. The number of halogens is 5. The number of alkyl halides is 3. The third-order valence-electron chi connectivity index (χ3n) is 2.56. The van der Waals surface area contributed by atoms with Crippen LogP contribution in [-0.4, -0.2) is 31.7 Å². The maximum absolute atomic E-state index is 13.5. The molecule has 1 unspecified atom stereocenters. The topological polar surface area (TPSA) is 70.2 Å². The van der Waals surface area contributed by atoms with Gasteiger partial charge < -0.3 is 5.32 Å². The average Bonchev–Trinajstić information content (AvgIpc) is 2.40. The molecular formula is C12H12F5N3O2. The van der Waals surface area contributed by atoms with Crippen molar-refractivity contribution in [1.82, 2.24) is 16.0 Å². The van der Waals surface area contributed by atoms with Gasteiger partial charge in [0, 0.05) is 12.6 Å². The molecule has 0 saturated heterocycles. The molecule has 1 aromatic carbocycles. The Kier molecular flexibility index (Phi) is 5.80. The van der Waals surface area contributed by atoms with E-state index in [0.29, 0.717) is 12.1 Å². The van der Waals surface area contributed by atoms with Crippen LogP contribution in [-0.2, 0) is 4.79 Å². The highest BCUT2D eigenvalue weighted by atomic mass is 19.4. The Morgan fingerprint density at radius 1 is 1.18 bits per heavy atom. The van der Waals surface area contributed by atoms with Crippen molar-refractivity contribution < 1.29 is 31.5 Å². The summed E-state index contributed by atoms with van der Waals surface area (Å²) in [6, 6.07) is -1.40. The number of amides is 3. The van der Waals surface area contributed by atoms with Crippen molar-refractivity contribution in [3.8, 4) is 0 Å². The predicted octanol–water partition coefficient (Wildman–Crippen LogP) is 1.61. The zero-order valence-electron chi connectivity index (χ0n) is 11.2. The fourth-order valence-electron chi connectivity index (χ4n) is 1.60. The molecule has 0 fully saturated rings. The van der Waals surface area contributed by atoms with Crippen LogP contribution in [0, 0.1) is 11.6 Å². The van der Waals surface area contributed by atoms with Gasteiger partial charge >= 0.3 is 12.2 Å². The molecule has 0 spiro atoms. The lowest BCUT2D eigenvalue weighted by Gasteiger charge is -2.22. The molecule has 1 aromatic rings. The molecule has 1 atom stereocenters. The monoisotopic (exact) mass is 325 g/mol. The second-order valence-electron chi connectivity index (χ2n) is 4.12. The molecule has 3 N–H and O–H groups in total. The highest BCUT2D eigenvalue weighted by Gasteiger charge is 2.43. The maximum Gasteiger partial charge on any atom is 0.408 e. The van der Waals surface area contributed by atoms with E-state index in [1.54, 1.807) is 10.6 Å². The van der Waals surface area contributed by atoms with E-state index in [0.717, 1.165) is 6.07 Å². The average molecular weight is 325 g/mol. The minimum Gasteiger partial charge on any atom is -0.341 e. The van der Waals surface area contributed by atoms with Gasteiger partial charge in [-0.1, -0.05) is 6.07 Å². The molecule has 0 aliphatic heterocycles. The molecule has 0 radical (unpaired) electrons. The quantitative estimate of drug-likeness (QED) is 0.737. The summed E-state index contributed by atoms with van der Waals surface area (Å²) < 4.78 is 65.8. The maximum atomic E-state index is 13.5. The first-order chi connectivity index (χ1) is 10.2. The van der Waals surface area contributed by atoms with E-state index < -0.39 is 47.9 Å². The molecule has 0 saturated carbocycles. The van der Waals surface area contributed by atoms with Gasteiger partial charge in [0.1, 0.15) is 17.7 Å². The number of benzene rings is 1. The standard InChI is InChI=1S/C12H12F5N3O2/c1-18-11(22)20-8(21)5-19-10(12(15,16)17)9-6(13)3-2-4-7(9)14/h2-4,10,19H,5H2,1H3,(H2,18,20,21,22). The van der Waals surface area contributed by atoms with Crippen LogP contribution in [0.3, 0.4) is 0 Å². The van der Waals surface area contributed by atoms with E-state index in [4.69, 9.17) is 0 Å². The van der Waals surface area contributed by atoms with Crippen molar-refractivity contribution in [3.63, 3.8) is 0 Å². The van der Waals surface area contributed by atoms with E-state index in [1.807, 2.05) is 5.32 Å². The predicted molar refractivity (Wildman–Crippen MR) is 65.8 cm³/mol. The van der Waals surface area contributed by atoms with Gasteiger partial charge in [-0.2, -0.15) is 13.2 Å². The molecule has 0 bridgehead atoms. The van der Waals surface area contributed by atoms with Gasteiger partial charge in [-0.25, -0.2) is 13.6 Å². The summed E-state index contributed by atoms with van der Waals surface area (Å²) in [5, 5.41) is 5.42. The Morgan fingerprint density at radius 2 is 1.73 bits per heavy atom. The van der Waals surface area contributed by atoms with Gasteiger partial charge in [-0.3, -0.25) is 15.4 Å². The first kappa shape index (κ1) is 17.8. The van der Waals surface area contributed by atoms with E-state index in [2.05, 4.69) is 0 Å². The van der Waals surface area contributed by atoms with Gasteiger partial charge in [0.2, 0.25) is 5.91 Å². The highest BCUT2D eigenvalue weighted by Crippen LogP contribution is 2.35. The number of urea groups is 1. The van der Waals surface area contributed by atoms with Crippen molar-refractivity contribution in [1.29, 1.82) is 0 Å². The molecule has 3 amide bonds. The number of nitrogens with one attached hydrogen (secondary N) is 3. The molecule has 22 heavy (non-hydrogen) atoms. The molecule has 10 heteroatoms. The molecular weight excluding hydrogens is 313 g/mol. The van der Waals surface area contributed by atoms with E-state index in [1.165, 1.54) is 7.05 Å². The normalized spacial score (nSPS) is 12.6. The summed E-state index contributed by atoms with van der Waals surface area (Å²) in [7, 11) is 1.20. The number of carbonyl (C=O) groups is 2. The highest BCUT2D eigenvalue weighted by molar-refractivity contribution is 5.95. The van der Waals surface area contributed by atoms with Gasteiger partial charge in [-0.15, -0.1) is 0 Å². The molecule has 0 aromatic heterocycles. The van der Waals surface area contributed by atoms with Crippen LogP contribution in [0.1, 0.15) is 11.6 Å².